The van der Waals surface area contributed by atoms with E-state index >= 15 is 0 Å². The zero-order chi connectivity index (χ0) is 15.6. The number of H-pyrrole nitrogens is 1. The zero-order valence-corrected chi connectivity index (χ0v) is 12.4. The van der Waals surface area contributed by atoms with Gasteiger partial charge in [0.15, 0.2) is 0 Å². The number of fused-ring (bicyclic) bond motifs is 1. The molecule has 2 heterocycles. The van der Waals surface area contributed by atoms with Crippen LogP contribution in [0.2, 0.25) is 0 Å². The molecular formula is C14H15N5O2S. The highest BCUT2D eigenvalue weighted by Crippen LogP contribution is 2.16. The highest BCUT2D eigenvalue weighted by molar-refractivity contribution is 7.90. The number of nitrogens with zero attached hydrogens (tertiary/aromatic N) is 1. The number of rotatable bonds is 5. The van der Waals surface area contributed by atoms with E-state index in [1.807, 2.05) is 6.07 Å². The van der Waals surface area contributed by atoms with Crippen LogP contribution in [0.25, 0.3) is 11.0 Å². The summed E-state index contributed by atoms with van der Waals surface area (Å²) in [5.74, 6) is 0. The maximum atomic E-state index is 12.1. The van der Waals surface area contributed by atoms with E-state index < -0.39 is 10.2 Å². The number of nitrogens with two attached hydrogens (primary N) is 1. The summed E-state index contributed by atoms with van der Waals surface area (Å²) in [5, 5.41) is 0.887. The van der Waals surface area contributed by atoms with Crippen molar-refractivity contribution in [2.24, 2.45) is 0 Å². The molecule has 1 aromatic carbocycles. The second kappa shape index (κ2) is 5.66. The van der Waals surface area contributed by atoms with E-state index in [1.165, 1.54) is 0 Å². The van der Waals surface area contributed by atoms with Crippen molar-refractivity contribution in [3.63, 3.8) is 0 Å². The van der Waals surface area contributed by atoms with Gasteiger partial charge in [0.05, 0.1) is 0 Å². The molecule has 0 radical (unpaired) electrons. The lowest BCUT2D eigenvalue weighted by molar-refractivity contribution is 0.587. The third kappa shape index (κ3) is 3.18. The Balaban J connectivity index is 1.72. The first kappa shape index (κ1) is 14.4. The van der Waals surface area contributed by atoms with Crippen molar-refractivity contribution in [1.82, 2.24) is 14.7 Å². The minimum atomic E-state index is -3.67. The van der Waals surface area contributed by atoms with Gasteiger partial charge in [0.25, 0.3) is 10.2 Å². The smallest absolute Gasteiger partial charge is 0.299 e. The molecule has 8 heteroatoms. The number of aromatic nitrogens is 2. The van der Waals surface area contributed by atoms with Crippen molar-refractivity contribution in [3.05, 3.63) is 54.4 Å². The van der Waals surface area contributed by atoms with Gasteiger partial charge in [-0.2, -0.15) is 13.1 Å². The Morgan fingerprint density at radius 2 is 1.91 bits per heavy atom. The van der Waals surface area contributed by atoms with E-state index in [4.69, 9.17) is 5.73 Å². The average Bonchev–Trinajstić information content (AvgIpc) is 2.96. The minimum Gasteiger partial charge on any atom is -0.399 e. The summed E-state index contributed by atoms with van der Waals surface area (Å²) in [5.41, 5.74) is 8.15. The first-order valence-corrected chi connectivity index (χ1v) is 8.06. The van der Waals surface area contributed by atoms with Crippen LogP contribution in [0.1, 0.15) is 5.56 Å². The van der Waals surface area contributed by atoms with Crippen LogP contribution in [0, 0.1) is 0 Å². The fourth-order valence-electron chi connectivity index (χ4n) is 2.09. The molecule has 0 saturated heterocycles. The molecular weight excluding hydrogens is 302 g/mol. The minimum absolute atomic E-state index is 0.168. The molecule has 0 aliphatic heterocycles. The number of aromatic amines is 1. The molecule has 22 heavy (non-hydrogen) atoms. The van der Waals surface area contributed by atoms with Crippen molar-refractivity contribution in [3.8, 4) is 0 Å². The Kier molecular flexibility index (Phi) is 3.70. The molecule has 5 N–H and O–H groups in total. The maximum Gasteiger partial charge on any atom is 0.299 e. The topological polar surface area (TPSA) is 113 Å². The maximum absolute atomic E-state index is 12.1. The zero-order valence-electron chi connectivity index (χ0n) is 11.6. The number of benzene rings is 1. The molecule has 3 aromatic rings. The Labute approximate surface area is 127 Å². The first-order valence-electron chi connectivity index (χ1n) is 6.57. The van der Waals surface area contributed by atoms with E-state index in [0.29, 0.717) is 11.4 Å². The van der Waals surface area contributed by atoms with E-state index in [1.54, 1.807) is 42.7 Å². The first-order chi connectivity index (χ1) is 10.5. The van der Waals surface area contributed by atoms with Gasteiger partial charge in [-0.1, -0.05) is 0 Å². The number of nitrogens with one attached hydrogen (secondary N) is 3. The van der Waals surface area contributed by atoms with Crippen molar-refractivity contribution < 1.29 is 8.42 Å². The lowest BCUT2D eigenvalue weighted by atomic mass is 10.2. The Morgan fingerprint density at radius 3 is 2.68 bits per heavy atom. The molecule has 0 bridgehead atoms. The monoisotopic (exact) mass is 317 g/mol. The summed E-state index contributed by atoms with van der Waals surface area (Å²) >= 11 is 0. The molecule has 0 atom stereocenters. The van der Waals surface area contributed by atoms with Crippen molar-refractivity contribution in [2.45, 2.75) is 6.54 Å². The predicted molar refractivity (Wildman–Crippen MR) is 86.3 cm³/mol. The highest BCUT2D eigenvalue weighted by Gasteiger charge is 2.11. The van der Waals surface area contributed by atoms with E-state index in [0.717, 1.165) is 16.6 Å². The highest BCUT2D eigenvalue weighted by atomic mass is 32.2. The van der Waals surface area contributed by atoms with Crippen LogP contribution in [0.4, 0.5) is 11.4 Å². The lowest BCUT2D eigenvalue weighted by Gasteiger charge is -2.10. The van der Waals surface area contributed by atoms with Gasteiger partial charge in [-0.25, -0.2) is 4.98 Å². The molecule has 0 unspecified atom stereocenters. The number of anilines is 2. The molecule has 0 aliphatic carbocycles. The fraction of sp³-hybridized carbons (Fsp3) is 0.0714. The molecule has 0 aliphatic rings. The van der Waals surface area contributed by atoms with Crippen LogP contribution in [0.5, 0.6) is 0 Å². The van der Waals surface area contributed by atoms with Crippen molar-refractivity contribution in [1.29, 1.82) is 0 Å². The van der Waals surface area contributed by atoms with Crippen LogP contribution in [0.3, 0.4) is 0 Å². The second-order valence-corrected chi connectivity index (χ2v) is 6.26. The average molecular weight is 317 g/mol. The van der Waals surface area contributed by atoms with Gasteiger partial charge >= 0.3 is 0 Å². The van der Waals surface area contributed by atoms with Crippen molar-refractivity contribution >= 4 is 32.6 Å². The summed E-state index contributed by atoms with van der Waals surface area (Å²) in [6, 6.07) is 10.1. The van der Waals surface area contributed by atoms with Gasteiger partial charge in [-0.15, -0.1) is 0 Å². The van der Waals surface area contributed by atoms with Crippen LogP contribution >= 0.6 is 0 Å². The largest absolute Gasteiger partial charge is 0.399 e. The van der Waals surface area contributed by atoms with Crippen LogP contribution in [0.15, 0.2) is 48.8 Å². The number of pyridine rings is 1. The predicted octanol–water partition coefficient (Wildman–Crippen LogP) is 1.59. The number of nitrogen functional groups attached to an aromatic ring is 1. The third-order valence-corrected chi connectivity index (χ3v) is 4.19. The Bertz CT molecular complexity index is 887. The van der Waals surface area contributed by atoms with Gasteiger partial charge in [0.1, 0.15) is 5.65 Å². The summed E-state index contributed by atoms with van der Waals surface area (Å²) in [6.45, 7) is 0.168. The molecule has 2 aromatic heterocycles. The summed E-state index contributed by atoms with van der Waals surface area (Å²) in [7, 11) is -3.67. The SMILES string of the molecule is Nc1ccc(NS(=O)(=O)NCc2ccnc3[nH]ccc23)cc1. The molecule has 114 valence electrons. The summed E-state index contributed by atoms with van der Waals surface area (Å²) < 4.78 is 29.1. The summed E-state index contributed by atoms with van der Waals surface area (Å²) in [6.07, 6.45) is 3.40. The van der Waals surface area contributed by atoms with Crippen LogP contribution in [-0.2, 0) is 16.8 Å². The lowest BCUT2D eigenvalue weighted by Crippen LogP contribution is -2.29. The molecule has 0 spiro atoms. The molecule has 7 nitrogen and oxygen atoms in total. The van der Waals surface area contributed by atoms with Crippen molar-refractivity contribution in [2.75, 3.05) is 10.5 Å². The van der Waals surface area contributed by atoms with Crippen LogP contribution < -0.4 is 15.2 Å². The van der Waals surface area contributed by atoms with E-state index in [-0.39, 0.29) is 6.54 Å². The van der Waals surface area contributed by atoms with Crippen LogP contribution in [-0.4, -0.2) is 18.4 Å². The van der Waals surface area contributed by atoms with Gasteiger partial charge in [0.2, 0.25) is 0 Å². The van der Waals surface area contributed by atoms with Gasteiger partial charge in [-0.3, -0.25) is 4.72 Å². The third-order valence-electron chi connectivity index (χ3n) is 3.17. The quantitative estimate of drug-likeness (QED) is 0.535. The molecule has 0 fully saturated rings. The number of hydrogen-bond donors (Lipinski definition) is 4. The normalized spacial score (nSPS) is 11.6. The van der Waals surface area contributed by atoms with E-state index in [9.17, 15) is 8.42 Å². The summed E-state index contributed by atoms with van der Waals surface area (Å²) in [4.78, 5) is 7.15. The van der Waals surface area contributed by atoms with Gasteiger partial charge < -0.3 is 10.7 Å². The molecule has 3 rings (SSSR count). The standard InChI is InChI=1S/C14H15N5O2S/c15-11-1-3-12(4-2-11)19-22(20,21)18-9-10-5-7-16-14-13(10)6-8-17-14/h1-8,18-19H,9,15H2,(H,16,17). The molecule has 0 saturated carbocycles. The second-order valence-electron chi connectivity index (χ2n) is 4.76. The molecule has 0 amide bonds. The Hall–Kier alpha value is -2.58. The van der Waals surface area contributed by atoms with E-state index in [2.05, 4.69) is 19.4 Å². The Morgan fingerprint density at radius 1 is 1.14 bits per heavy atom. The number of hydrogen-bond acceptors (Lipinski definition) is 4. The van der Waals surface area contributed by atoms with Gasteiger partial charge in [0, 0.05) is 35.7 Å². The fourth-order valence-corrected chi connectivity index (χ4v) is 2.95. The van der Waals surface area contributed by atoms with Gasteiger partial charge in [-0.05, 0) is 42.0 Å².